The molecule has 1 unspecified atom stereocenters. The van der Waals surface area contributed by atoms with Gasteiger partial charge in [0.1, 0.15) is 6.04 Å². The summed E-state index contributed by atoms with van der Waals surface area (Å²) in [6.45, 7) is 0.0479. The molecule has 1 aromatic rings. The highest BCUT2D eigenvalue weighted by Crippen LogP contribution is 2.21. The molecule has 2 atom stereocenters. The molecule has 0 aromatic heterocycles. The number of hydroxylamine groups is 2. The van der Waals surface area contributed by atoms with Crippen molar-refractivity contribution in [3.63, 3.8) is 0 Å². The number of hydrogen-bond donors (Lipinski definition) is 2. The van der Waals surface area contributed by atoms with Crippen molar-refractivity contribution in [2.45, 2.75) is 18.6 Å². The Morgan fingerprint density at radius 1 is 1.27 bits per heavy atom. The highest BCUT2D eigenvalue weighted by Gasteiger charge is 2.43. The summed E-state index contributed by atoms with van der Waals surface area (Å²) in [7, 11) is 1.09. The van der Waals surface area contributed by atoms with Crippen LogP contribution in [0.1, 0.15) is 16.8 Å². The Labute approximate surface area is 126 Å². The zero-order valence-corrected chi connectivity index (χ0v) is 11.9. The van der Waals surface area contributed by atoms with Crippen LogP contribution < -0.4 is 0 Å². The fraction of sp³-hybridized carbons (Fsp3) is 0.357. The zero-order valence-electron chi connectivity index (χ0n) is 11.9. The molecule has 1 fully saturated rings. The van der Waals surface area contributed by atoms with Crippen LogP contribution in [0.2, 0.25) is 0 Å². The third-order valence-electron chi connectivity index (χ3n) is 3.36. The van der Waals surface area contributed by atoms with Gasteiger partial charge in [-0.05, 0) is 18.6 Å². The number of rotatable bonds is 2. The third kappa shape index (κ3) is 3.23. The predicted molar refractivity (Wildman–Crippen MR) is 72.9 cm³/mol. The Morgan fingerprint density at radius 3 is 2.50 bits per heavy atom. The van der Waals surface area contributed by atoms with E-state index in [1.807, 2.05) is 0 Å². The smallest absolute Gasteiger partial charge is 0.390 e. The van der Waals surface area contributed by atoms with E-state index in [1.165, 1.54) is 12.1 Å². The average Bonchev–Trinajstić information content (AvgIpc) is 2.88. The lowest BCUT2D eigenvalue weighted by Gasteiger charge is -2.25. The summed E-state index contributed by atoms with van der Waals surface area (Å²) in [5.74, 6) is -1.70. The van der Waals surface area contributed by atoms with Gasteiger partial charge in [0.15, 0.2) is 0 Å². The first-order valence-corrected chi connectivity index (χ1v) is 6.64. The summed E-state index contributed by atoms with van der Waals surface area (Å²) in [6, 6.07) is 6.64. The summed E-state index contributed by atoms with van der Waals surface area (Å²) < 4.78 is 4.71. The van der Waals surface area contributed by atoms with E-state index in [2.05, 4.69) is 0 Å². The molecule has 1 heterocycles. The molecule has 0 aliphatic carbocycles. The number of likely N-dealkylation sites (tertiary alicyclic amines) is 1. The molecule has 8 nitrogen and oxygen atoms in total. The number of carbonyl (C=O) groups is 3. The Bertz CT molecular complexity index is 574. The fourth-order valence-corrected chi connectivity index (χ4v) is 2.24. The van der Waals surface area contributed by atoms with Gasteiger partial charge in [0.05, 0.1) is 11.7 Å². The molecule has 22 heavy (non-hydrogen) atoms. The van der Waals surface area contributed by atoms with Gasteiger partial charge in [0.2, 0.25) is 0 Å². The van der Waals surface area contributed by atoms with Gasteiger partial charge in [-0.15, -0.1) is 0 Å². The van der Waals surface area contributed by atoms with E-state index in [9.17, 15) is 24.7 Å². The van der Waals surface area contributed by atoms with Crippen LogP contribution in [-0.2, 0) is 9.53 Å². The Kier molecular flexibility index (Phi) is 4.74. The molecule has 0 saturated carbocycles. The molecule has 1 aliphatic rings. The standard InChI is InChI=1S/C14H16N2O6/c1-15(21)12(18)11-10(17)7-8-16(11)14(20)22-13(19)9-5-3-2-4-6-9/h2-6,10-11,17,21H,7-8H2,1H3/t10?,11-/m0/s1. The third-order valence-corrected chi connectivity index (χ3v) is 3.36. The van der Waals surface area contributed by atoms with Gasteiger partial charge in [-0.2, -0.15) is 0 Å². The monoisotopic (exact) mass is 308 g/mol. The Hall–Kier alpha value is -2.45. The zero-order chi connectivity index (χ0) is 16.3. The molecular formula is C14H16N2O6. The number of hydrogen-bond acceptors (Lipinski definition) is 6. The maximum Gasteiger partial charge on any atom is 0.418 e. The van der Waals surface area contributed by atoms with Gasteiger partial charge in [-0.3, -0.25) is 14.9 Å². The molecule has 2 amide bonds. The minimum atomic E-state index is -1.27. The number of carbonyl (C=O) groups excluding carboxylic acids is 3. The van der Waals surface area contributed by atoms with Crippen LogP contribution in [0.4, 0.5) is 4.79 Å². The van der Waals surface area contributed by atoms with Crippen molar-refractivity contribution in [3.8, 4) is 0 Å². The first-order valence-electron chi connectivity index (χ1n) is 6.64. The topological polar surface area (TPSA) is 107 Å². The number of amides is 2. The van der Waals surface area contributed by atoms with E-state index in [4.69, 9.17) is 4.74 Å². The second kappa shape index (κ2) is 6.54. The van der Waals surface area contributed by atoms with Gasteiger partial charge in [0.25, 0.3) is 5.91 Å². The number of ether oxygens (including phenoxy) is 1. The highest BCUT2D eigenvalue weighted by atomic mass is 16.6. The lowest BCUT2D eigenvalue weighted by Crippen LogP contribution is -2.50. The minimum Gasteiger partial charge on any atom is -0.390 e. The van der Waals surface area contributed by atoms with Crippen molar-refractivity contribution < 1.29 is 29.4 Å². The Morgan fingerprint density at radius 2 is 1.91 bits per heavy atom. The van der Waals surface area contributed by atoms with Gasteiger partial charge in [0, 0.05) is 13.6 Å². The molecule has 0 spiro atoms. The average molecular weight is 308 g/mol. The fourth-order valence-electron chi connectivity index (χ4n) is 2.24. The molecule has 0 radical (unpaired) electrons. The molecule has 8 heteroatoms. The molecule has 1 aliphatic heterocycles. The second-order valence-electron chi connectivity index (χ2n) is 4.88. The van der Waals surface area contributed by atoms with Crippen molar-refractivity contribution in [1.82, 2.24) is 9.96 Å². The van der Waals surface area contributed by atoms with Crippen LogP contribution in [0.5, 0.6) is 0 Å². The van der Waals surface area contributed by atoms with E-state index in [-0.39, 0.29) is 18.5 Å². The van der Waals surface area contributed by atoms with Crippen LogP contribution in [0.25, 0.3) is 0 Å². The van der Waals surface area contributed by atoms with Crippen LogP contribution in [0.15, 0.2) is 30.3 Å². The van der Waals surface area contributed by atoms with Crippen LogP contribution >= 0.6 is 0 Å². The number of esters is 1. The van der Waals surface area contributed by atoms with Crippen molar-refractivity contribution in [3.05, 3.63) is 35.9 Å². The number of aliphatic hydroxyl groups is 1. The van der Waals surface area contributed by atoms with Crippen molar-refractivity contribution >= 4 is 18.0 Å². The first-order chi connectivity index (χ1) is 10.4. The van der Waals surface area contributed by atoms with Crippen LogP contribution in [-0.4, -0.2) is 64.0 Å². The molecule has 118 valence electrons. The van der Waals surface area contributed by atoms with Crippen molar-refractivity contribution in [1.29, 1.82) is 0 Å². The molecule has 1 saturated heterocycles. The maximum atomic E-state index is 12.0. The van der Waals surface area contributed by atoms with Crippen molar-refractivity contribution in [2.24, 2.45) is 0 Å². The molecule has 0 bridgehead atoms. The van der Waals surface area contributed by atoms with Gasteiger partial charge < -0.3 is 9.84 Å². The Balaban J connectivity index is 2.08. The molecule has 2 rings (SSSR count). The van der Waals surface area contributed by atoms with Gasteiger partial charge in [-0.1, -0.05) is 18.2 Å². The first kappa shape index (κ1) is 15.9. The summed E-state index contributed by atoms with van der Waals surface area (Å²) in [4.78, 5) is 36.6. The highest BCUT2D eigenvalue weighted by molar-refractivity contribution is 5.97. The quantitative estimate of drug-likeness (QED) is 0.351. The molecule has 2 N–H and O–H groups in total. The number of nitrogens with zero attached hydrogens (tertiary/aromatic N) is 2. The normalized spacial score (nSPS) is 20.6. The minimum absolute atomic E-state index is 0.0479. The van der Waals surface area contributed by atoms with E-state index in [0.29, 0.717) is 5.06 Å². The van der Waals surface area contributed by atoms with Gasteiger partial charge >= 0.3 is 12.1 Å². The number of aliphatic hydroxyl groups excluding tert-OH is 1. The summed E-state index contributed by atoms with van der Waals surface area (Å²) in [5, 5.41) is 19.3. The summed E-state index contributed by atoms with van der Waals surface area (Å²) in [5.41, 5.74) is 0.192. The summed E-state index contributed by atoms with van der Waals surface area (Å²) >= 11 is 0. The second-order valence-corrected chi connectivity index (χ2v) is 4.88. The lowest BCUT2D eigenvalue weighted by atomic mass is 10.1. The molecular weight excluding hydrogens is 292 g/mol. The van der Waals surface area contributed by atoms with Crippen LogP contribution in [0.3, 0.4) is 0 Å². The van der Waals surface area contributed by atoms with Gasteiger partial charge in [-0.25, -0.2) is 14.7 Å². The maximum absolute atomic E-state index is 12.0. The van der Waals surface area contributed by atoms with E-state index in [0.717, 1.165) is 11.9 Å². The predicted octanol–water partition coefficient (Wildman–Crippen LogP) is 0.246. The van der Waals surface area contributed by atoms with Crippen LogP contribution in [0, 0.1) is 0 Å². The van der Waals surface area contributed by atoms with E-state index < -0.39 is 30.1 Å². The SMILES string of the molecule is CN(O)C(=O)[C@@H]1C(O)CCN1C(=O)OC(=O)c1ccccc1. The van der Waals surface area contributed by atoms with Crippen molar-refractivity contribution in [2.75, 3.05) is 13.6 Å². The number of benzene rings is 1. The number of likely N-dealkylation sites (N-methyl/N-ethyl adjacent to an activating group) is 1. The summed E-state index contributed by atoms with van der Waals surface area (Å²) in [6.07, 6.45) is -2.01. The largest absolute Gasteiger partial charge is 0.418 e. The molecule has 1 aromatic carbocycles. The van der Waals surface area contributed by atoms with E-state index in [1.54, 1.807) is 18.2 Å². The lowest BCUT2D eigenvalue weighted by molar-refractivity contribution is -0.166. The van der Waals surface area contributed by atoms with E-state index >= 15 is 0 Å².